The Hall–Kier alpha value is -1.04. The van der Waals surface area contributed by atoms with E-state index in [0.29, 0.717) is 0 Å². The molecule has 0 amide bonds. The first-order valence-corrected chi connectivity index (χ1v) is 10.2. The number of hydrogen-bond donors (Lipinski definition) is 0. The van der Waals surface area contributed by atoms with Crippen LogP contribution in [-0.4, -0.2) is 0 Å². The van der Waals surface area contributed by atoms with Gasteiger partial charge in [0, 0.05) is 0 Å². The second-order valence-electron chi connectivity index (χ2n) is 9.43. The standard InChI is InChI=1S/C18H28.C4H8.C3H8.2CH4/c1-9-10-15-13(2)11-14(17(3,4)5)12-16(15)18(6,7)8;1-2-4-3-1;1-3-2;;/h9,11-12H,1,10H2,2-8H3;1-4H2;3H2,1-2H3;2*1H4. The maximum Gasteiger partial charge on any atom is -0.00946 e. The van der Waals surface area contributed by atoms with Crippen molar-refractivity contribution in [1.82, 2.24) is 0 Å². The van der Waals surface area contributed by atoms with Crippen molar-refractivity contribution in [3.05, 3.63) is 47.0 Å². The van der Waals surface area contributed by atoms with Crippen molar-refractivity contribution in [2.24, 2.45) is 0 Å². The van der Waals surface area contributed by atoms with Crippen LogP contribution < -0.4 is 0 Å². The third kappa shape index (κ3) is 11.4. The van der Waals surface area contributed by atoms with Gasteiger partial charge in [-0.25, -0.2) is 0 Å². The fraction of sp³-hybridized carbons (Fsp3) is 0.704. The van der Waals surface area contributed by atoms with Gasteiger partial charge in [0.15, 0.2) is 0 Å². The van der Waals surface area contributed by atoms with E-state index in [1.807, 2.05) is 6.08 Å². The van der Waals surface area contributed by atoms with Gasteiger partial charge < -0.3 is 0 Å². The Labute approximate surface area is 173 Å². The van der Waals surface area contributed by atoms with E-state index in [9.17, 15) is 0 Å². The predicted molar refractivity (Wildman–Crippen MR) is 130 cm³/mol. The third-order valence-electron chi connectivity index (χ3n) is 4.50. The van der Waals surface area contributed by atoms with Crippen LogP contribution in [0.5, 0.6) is 0 Å². The van der Waals surface area contributed by atoms with Crippen LogP contribution in [0.25, 0.3) is 0 Å². The van der Waals surface area contributed by atoms with E-state index in [2.05, 4.69) is 81.0 Å². The van der Waals surface area contributed by atoms with Crippen LogP contribution in [-0.2, 0) is 17.3 Å². The number of hydrogen-bond acceptors (Lipinski definition) is 0. The van der Waals surface area contributed by atoms with Gasteiger partial charge in [0.25, 0.3) is 0 Å². The van der Waals surface area contributed by atoms with Crippen LogP contribution in [0.3, 0.4) is 0 Å². The summed E-state index contributed by atoms with van der Waals surface area (Å²) in [6, 6.07) is 4.74. The minimum Gasteiger partial charge on any atom is -0.103 e. The summed E-state index contributed by atoms with van der Waals surface area (Å²) in [5.74, 6) is 0. The molecule has 0 spiro atoms. The first-order chi connectivity index (χ1) is 11.5. The van der Waals surface area contributed by atoms with Crippen molar-refractivity contribution >= 4 is 0 Å². The van der Waals surface area contributed by atoms with Gasteiger partial charge in [0.2, 0.25) is 0 Å². The van der Waals surface area contributed by atoms with E-state index in [4.69, 9.17) is 0 Å². The molecule has 1 aromatic carbocycles. The molecule has 0 saturated heterocycles. The quantitative estimate of drug-likeness (QED) is 0.451. The Morgan fingerprint density at radius 2 is 1.26 bits per heavy atom. The van der Waals surface area contributed by atoms with Crippen LogP contribution >= 0.6 is 0 Å². The summed E-state index contributed by atoms with van der Waals surface area (Å²) in [6.45, 7) is 24.1. The van der Waals surface area contributed by atoms with E-state index < -0.39 is 0 Å². The molecule has 1 aliphatic carbocycles. The Morgan fingerprint density at radius 1 is 0.852 bits per heavy atom. The second kappa shape index (κ2) is 14.0. The largest absolute Gasteiger partial charge is 0.103 e. The van der Waals surface area contributed by atoms with Crippen molar-refractivity contribution < 1.29 is 0 Å². The highest BCUT2D eigenvalue weighted by Crippen LogP contribution is 2.33. The van der Waals surface area contributed by atoms with Gasteiger partial charge in [0.1, 0.15) is 0 Å². The molecule has 2 rings (SSSR count). The molecule has 1 saturated carbocycles. The second-order valence-corrected chi connectivity index (χ2v) is 9.43. The molecular formula is C27H52. The molecular weight excluding hydrogens is 324 g/mol. The fourth-order valence-electron chi connectivity index (χ4n) is 2.58. The lowest BCUT2D eigenvalue weighted by Crippen LogP contribution is -2.19. The average Bonchev–Trinajstić information content (AvgIpc) is 2.37. The molecule has 0 nitrogen and oxygen atoms in total. The summed E-state index contributed by atoms with van der Waals surface area (Å²) in [4.78, 5) is 0. The molecule has 0 heteroatoms. The van der Waals surface area contributed by atoms with E-state index in [-0.39, 0.29) is 25.7 Å². The van der Waals surface area contributed by atoms with E-state index in [1.54, 1.807) is 0 Å². The van der Waals surface area contributed by atoms with Crippen molar-refractivity contribution in [3.8, 4) is 0 Å². The zero-order valence-corrected chi connectivity index (χ0v) is 18.7. The van der Waals surface area contributed by atoms with E-state index in [0.717, 1.165) is 6.42 Å². The Balaban J connectivity index is -0.000000542. The molecule has 160 valence electrons. The van der Waals surface area contributed by atoms with Gasteiger partial charge in [-0.3, -0.25) is 0 Å². The maximum atomic E-state index is 3.89. The fourth-order valence-corrected chi connectivity index (χ4v) is 2.58. The molecule has 0 aromatic heterocycles. The van der Waals surface area contributed by atoms with Crippen LogP contribution in [0.1, 0.15) is 125 Å². The smallest absolute Gasteiger partial charge is 0.00946 e. The summed E-state index contributed by atoms with van der Waals surface area (Å²) < 4.78 is 0. The molecule has 1 fully saturated rings. The van der Waals surface area contributed by atoms with Gasteiger partial charge >= 0.3 is 0 Å². The summed E-state index contributed by atoms with van der Waals surface area (Å²) >= 11 is 0. The summed E-state index contributed by atoms with van der Waals surface area (Å²) in [5, 5.41) is 0. The van der Waals surface area contributed by atoms with E-state index >= 15 is 0 Å². The molecule has 0 heterocycles. The van der Waals surface area contributed by atoms with Crippen LogP contribution in [0, 0.1) is 6.92 Å². The number of allylic oxidation sites excluding steroid dienone is 1. The first-order valence-electron chi connectivity index (χ1n) is 10.2. The highest BCUT2D eigenvalue weighted by Gasteiger charge is 2.23. The average molecular weight is 377 g/mol. The number of rotatable bonds is 2. The molecule has 1 aromatic rings. The van der Waals surface area contributed by atoms with Gasteiger partial charge in [-0.15, -0.1) is 6.58 Å². The molecule has 0 radical (unpaired) electrons. The topological polar surface area (TPSA) is 0 Å². The van der Waals surface area contributed by atoms with E-state index in [1.165, 1.54) is 54.4 Å². The monoisotopic (exact) mass is 376 g/mol. The SMILES string of the molecule is C.C.C1CCC1.C=CCc1c(C)cc(C(C)(C)C)cc1C(C)(C)C.CCC. The molecule has 0 atom stereocenters. The molecule has 27 heavy (non-hydrogen) atoms. The van der Waals surface area contributed by atoms with Crippen molar-refractivity contribution in [3.63, 3.8) is 0 Å². The van der Waals surface area contributed by atoms with Crippen LogP contribution in [0.4, 0.5) is 0 Å². The lowest BCUT2D eigenvalue weighted by atomic mass is 9.76. The van der Waals surface area contributed by atoms with Gasteiger partial charge in [-0.05, 0) is 46.4 Å². The maximum absolute atomic E-state index is 3.89. The lowest BCUT2D eigenvalue weighted by Gasteiger charge is -2.29. The zero-order valence-electron chi connectivity index (χ0n) is 18.7. The van der Waals surface area contributed by atoms with Gasteiger partial charge in [0.05, 0.1) is 0 Å². The normalized spacial score (nSPS) is 12.6. The summed E-state index contributed by atoms with van der Waals surface area (Å²) in [6.07, 6.45) is 10.2. The molecule has 0 bridgehead atoms. The lowest BCUT2D eigenvalue weighted by molar-refractivity contribution is 0.504. The number of aryl methyl sites for hydroxylation is 1. The van der Waals surface area contributed by atoms with Crippen molar-refractivity contribution in [2.75, 3.05) is 0 Å². The van der Waals surface area contributed by atoms with Crippen LogP contribution in [0.15, 0.2) is 24.8 Å². The zero-order chi connectivity index (χ0) is 19.7. The molecule has 0 unspecified atom stereocenters. The molecule has 0 aliphatic heterocycles. The Bertz CT molecular complexity index is 498. The summed E-state index contributed by atoms with van der Waals surface area (Å²) in [7, 11) is 0. The van der Waals surface area contributed by atoms with Crippen LogP contribution in [0.2, 0.25) is 0 Å². The predicted octanol–water partition coefficient (Wildman–Crippen LogP) is 9.57. The minimum absolute atomic E-state index is 0. The Kier molecular flexibility index (Phi) is 15.9. The van der Waals surface area contributed by atoms with Crippen molar-refractivity contribution in [2.45, 2.75) is 127 Å². The van der Waals surface area contributed by atoms with Gasteiger partial charge in [-0.1, -0.05) is 121 Å². The van der Waals surface area contributed by atoms with Gasteiger partial charge in [-0.2, -0.15) is 0 Å². The molecule has 1 aliphatic rings. The molecule has 0 N–H and O–H groups in total. The third-order valence-corrected chi connectivity index (χ3v) is 4.50. The van der Waals surface area contributed by atoms with Crippen molar-refractivity contribution in [1.29, 1.82) is 0 Å². The highest BCUT2D eigenvalue weighted by atomic mass is 14.3. The minimum atomic E-state index is 0. The Morgan fingerprint density at radius 3 is 1.52 bits per heavy atom. The number of benzene rings is 1. The first kappa shape index (κ1) is 30.7. The highest BCUT2D eigenvalue weighted by molar-refractivity contribution is 5.45. The summed E-state index contributed by atoms with van der Waals surface area (Å²) in [5.41, 5.74) is 6.13.